The van der Waals surface area contributed by atoms with Gasteiger partial charge in [0.05, 0.1) is 35.9 Å². The maximum atomic E-state index is 9.41. The van der Waals surface area contributed by atoms with E-state index >= 15 is 0 Å². The zero-order valence-electron chi connectivity index (χ0n) is 18.6. The number of rotatable bonds is 12. The molecule has 0 spiro atoms. The maximum Gasteiger partial charge on any atom is 0.130 e. The van der Waals surface area contributed by atoms with Gasteiger partial charge in [0.15, 0.2) is 0 Å². The number of aliphatic hydroxyl groups excluding tert-OH is 1. The van der Waals surface area contributed by atoms with E-state index in [9.17, 15) is 5.11 Å². The molecule has 0 aliphatic heterocycles. The number of pyridine rings is 2. The summed E-state index contributed by atoms with van der Waals surface area (Å²) in [5.74, 6) is 1.14. The third kappa shape index (κ3) is 6.12. The molecular weight excluding hydrogens is 404 g/mol. The van der Waals surface area contributed by atoms with Crippen molar-refractivity contribution in [3.05, 3.63) is 65.5 Å². The number of hydrogen-bond donors (Lipinski definition) is 3. The second-order valence-corrected chi connectivity index (χ2v) is 7.34. The van der Waals surface area contributed by atoms with Crippen LogP contribution in [0.15, 0.2) is 48.5 Å². The second kappa shape index (κ2) is 11.9. The van der Waals surface area contributed by atoms with Crippen LogP contribution in [0.4, 0.5) is 11.5 Å². The normalized spacial score (nSPS) is 10.7. The summed E-state index contributed by atoms with van der Waals surface area (Å²) in [6, 6.07) is 15.3. The van der Waals surface area contributed by atoms with Gasteiger partial charge >= 0.3 is 0 Å². The molecule has 0 aliphatic rings. The van der Waals surface area contributed by atoms with Crippen molar-refractivity contribution in [3.63, 3.8) is 0 Å². The highest BCUT2D eigenvalue weighted by atomic mass is 16.5. The van der Waals surface area contributed by atoms with Crippen molar-refractivity contribution >= 4 is 17.7 Å². The predicted molar refractivity (Wildman–Crippen MR) is 127 cm³/mol. The van der Waals surface area contributed by atoms with E-state index in [1.807, 2.05) is 42.5 Å². The van der Waals surface area contributed by atoms with E-state index in [1.165, 1.54) is 6.21 Å². The molecule has 0 amide bonds. The summed E-state index contributed by atoms with van der Waals surface area (Å²) in [6.45, 7) is 2.83. The van der Waals surface area contributed by atoms with Gasteiger partial charge in [-0.3, -0.25) is 4.98 Å². The first kappa shape index (κ1) is 23.4. The lowest BCUT2D eigenvalue weighted by Crippen LogP contribution is -2.08. The molecule has 1 aromatic carbocycles. The third-order valence-electron chi connectivity index (χ3n) is 4.95. The first-order valence-electron chi connectivity index (χ1n) is 10.8. The van der Waals surface area contributed by atoms with E-state index in [0.29, 0.717) is 41.7 Å². The number of methoxy groups -OCH3 is 1. The molecule has 0 saturated carbocycles. The fourth-order valence-corrected chi connectivity index (χ4v) is 3.29. The lowest BCUT2D eigenvalue weighted by Gasteiger charge is -2.17. The van der Waals surface area contributed by atoms with E-state index in [1.54, 1.807) is 13.2 Å². The fraction of sp³-hybridized carbons (Fsp3) is 0.320. The van der Waals surface area contributed by atoms with Crippen LogP contribution in [0.5, 0.6) is 5.75 Å². The Morgan fingerprint density at radius 3 is 2.62 bits per heavy atom. The molecule has 0 atom stereocenters. The van der Waals surface area contributed by atoms with Crippen LogP contribution in [0.1, 0.15) is 36.7 Å². The average Bonchev–Trinajstić information content (AvgIpc) is 2.83. The molecule has 0 aliphatic carbocycles. The second-order valence-electron chi connectivity index (χ2n) is 7.34. The Morgan fingerprint density at radius 1 is 1.06 bits per heavy atom. The number of anilines is 2. The van der Waals surface area contributed by atoms with Crippen molar-refractivity contribution in [2.75, 3.05) is 25.6 Å². The average molecular weight is 435 g/mol. The Hall–Kier alpha value is -3.29. The summed E-state index contributed by atoms with van der Waals surface area (Å²) in [7, 11) is 1.62. The van der Waals surface area contributed by atoms with Crippen molar-refractivity contribution in [1.82, 2.24) is 9.97 Å². The van der Waals surface area contributed by atoms with Gasteiger partial charge in [0.1, 0.15) is 18.2 Å². The minimum Gasteiger partial charge on any atom is -0.490 e. The van der Waals surface area contributed by atoms with Gasteiger partial charge in [0, 0.05) is 24.6 Å². The van der Waals surface area contributed by atoms with Gasteiger partial charge < -0.3 is 25.3 Å². The molecule has 0 fully saturated rings. The molecular formula is C25H30N4O3. The van der Waals surface area contributed by atoms with Gasteiger partial charge in [-0.25, -0.2) is 4.98 Å². The molecule has 0 unspecified atom stereocenters. The number of hydrogen-bond acceptors (Lipinski definition) is 7. The zero-order chi connectivity index (χ0) is 22.8. The Morgan fingerprint density at radius 2 is 1.88 bits per heavy atom. The molecule has 0 radical (unpaired) electrons. The number of benzene rings is 1. The molecule has 0 saturated heterocycles. The highest BCUT2D eigenvalue weighted by molar-refractivity contribution is 5.93. The van der Waals surface area contributed by atoms with Crippen LogP contribution < -0.4 is 10.1 Å². The van der Waals surface area contributed by atoms with E-state index in [-0.39, 0.29) is 6.61 Å². The first-order chi connectivity index (χ1) is 15.7. The smallest absolute Gasteiger partial charge is 0.130 e. The Bertz CT molecular complexity index is 1040. The first-order valence-corrected chi connectivity index (χ1v) is 10.8. The highest BCUT2D eigenvalue weighted by Gasteiger charge is 2.14. The van der Waals surface area contributed by atoms with Gasteiger partial charge in [0.2, 0.25) is 0 Å². The molecule has 3 rings (SSSR count). The number of nitrogens with zero attached hydrogens (tertiary/aromatic N) is 2. The van der Waals surface area contributed by atoms with E-state index in [2.05, 4.69) is 17.2 Å². The van der Waals surface area contributed by atoms with Crippen LogP contribution in [0.2, 0.25) is 0 Å². The molecule has 3 N–H and O–H groups in total. The third-order valence-corrected chi connectivity index (χ3v) is 4.95. The topological polar surface area (TPSA) is 100 Å². The fourth-order valence-electron chi connectivity index (χ4n) is 3.29. The molecule has 0 bridgehead atoms. The number of aliphatic hydroxyl groups is 1. The quantitative estimate of drug-likeness (QED) is 0.281. The monoisotopic (exact) mass is 434 g/mol. The minimum atomic E-state index is -0.146. The number of nitrogens with one attached hydrogen (secondary N) is 2. The van der Waals surface area contributed by atoms with Crippen LogP contribution in [0.25, 0.3) is 11.3 Å². The Labute approximate surface area is 189 Å². The van der Waals surface area contributed by atoms with Crippen molar-refractivity contribution < 1.29 is 14.6 Å². The summed E-state index contributed by atoms with van der Waals surface area (Å²) in [4.78, 5) is 9.24. The standard InChI is InChI=1S/C25H30N4O3/c1-3-4-7-19-8-5-10-22(27-19)18-14-23(29-25-11-6-9-20(17-30)28-25)21(16-26)24(15-18)32-13-12-31-2/h5-6,8-11,14-16,26,30H,3-4,7,12-13,17H2,1-2H3,(H,28,29). The predicted octanol–water partition coefficient (Wildman–Crippen LogP) is 4.74. The summed E-state index contributed by atoms with van der Waals surface area (Å²) >= 11 is 0. The van der Waals surface area contributed by atoms with Gasteiger partial charge in [-0.2, -0.15) is 0 Å². The lowest BCUT2D eigenvalue weighted by molar-refractivity contribution is 0.146. The van der Waals surface area contributed by atoms with Gasteiger partial charge in [-0.05, 0) is 49.2 Å². The maximum absolute atomic E-state index is 9.41. The van der Waals surface area contributed by atoms with E-state index in [0.717, 1.165) is 36.2 Å². The van der Waals surface area contributed by atoms with Crippen molar-refractivity contribution in [3.8, 4) is 17.0 Å². The van der Waals surface area contributed by atoms with E-state index < -0.39 is 0 Å². The largest absolute Gasteiger partial charge is 0.490 e. The van der Waals surface area contributed by atoms with Crippen LogP contribution in [0, 0.1) is 5.41 Å². The summed E-state index contributed by atoms with van der Waals surface area (Å²) < 4.78 is 11.1. The van der Waals surface area contributed by atoms with Crippen molar-refractivity contribution in [2.24, 2.45) is 0 Å². The van der Waals surface area contributed by atoms with Gasteiger partial charge in [-0.15, -0.1) is 0 Å². The van der Waals surface area contributed by atoms with Crippen LogP contribution in [0.3, 0.4) is 0 Å². The number of ether oxygens (including phenoxy) is 2. The Balaban J connectivity index is 2.04. The number of aromatic nitrogens is 2. The van der Waals surface area contributed by atoms with Crippen LogP contribution in [-0.2, 0) is 17.8 Å². The van der Waals surface area contributed by atoms with Gasteiger partial charge in [0.25, 0.3) is 0 Å². The molecule has 168 valence electrons. The van der Waals surface area contributed by atoms with Crippen molar-refractivity contribution in [2.45, 2.75) is 32.8 Å². The molecule has 3 aromatic rings. The van der Waals surface area contributed by atoms with Gasteiger partial charge in [-0.1, -0.05) is 25.5 Å². The SMILES string of the molecule is CCCCc1cccc(-c2cc(Nc3cccc(CO)n3)c(C=N)c(OCCOC)c2)n1. The highest BCUT2D eigenvalue weighted by Crippen LogP contribution is 2.34. The van der Waals surface area contributed by atoms with Crippen molar-refractivity contribution in [1.29, 1.82) is 5.41 Å². The molecule has 7 heteroatoms. The minimum absolute atomic E-state index is 0.146. The molecule has 7 nitrogen and oxygen atoms in total. The Kier molecular flexibility index (Phi) is 8.71. The molecule has 32 heavy (non-hydrogen) atoms. The molecule has 2 aromatic heterocycles. The number of aryl methyl sites for hydroxylation is 1. The van der Waals surface area contributed by atoms with Crippen LogP contribution >= 0.6 is 0 Å². The summed E-state index contributed by atoms with van der Waals surface area (Å²) in [5, 5.41) is 20.7. The lowest BCUT2D eigenvalue weighted by atomic mass is 10.0. The zero-order valence-corrected chi connectivity index (χ0v) is 18.6. The van der Waals surface area contributed by atoms with Crippen LogP contribution in [-0.4, -0.2) is 41.6 Å². The number of unbranched alkanes of at least 4 members (excludes halogenated alkanes) is 1. The molecule has 2 heterocycles. The summed E-state index contributed by atoms with van der Waals surface area (Å²) in [5.41, 5.74) is 4.60. The van der Waals surface area contributed by atoms with E-state index in [4.69, 9.17) is 19.9 Å². The summed E-state index contributed by atoms with van der Waals surface area (Å²) in [6.07, 6.45) is 4.40.